The van der Waals surface area contributed by atoms with E-state index in [1.54, 1.807) is 4.68 Å². The molecule has 1 saturated carbocycles. The number of thioether (sulfide) groups is 1. The number of carbonyl (C=O) groups is 1. The molecule has 6 heteroatoms. The molecule has 2 aromatic rings. The van der Waals surface area contributed by atoms with Crippen molar-refractivity contribution < 1.29 is 9.53 Å². The number of amides is 1. The molecule has 0 radical (unpaired) electrons. The number of ether oxygens (including phenoxy) is 1. The van der Waals surface area contributed by atoms with Gasteiger partial charge in [0.25, 0.3) is 5.91 Å². The average Bonchev–Trinajstić information content (AvgIpc) is 3.28. The smallest absolute Gasteiger partial charge is 0.257 e. The van der Waals surface area contributed by atoms with E-state index >= 15 is 0 Å². The van der Waals surface area contributed by atoms with Crippen LogP contribution in [0.2, 0.25) is 0 Å². The van der Waals surface area contributed by atoms with E-state index in [1.807, 2.05) is 50.9 Å². The maximum atomic E-state index is 12.1. The van der Waals surface area contributed by atoms with Crippen molar-refractivity contribution in [2.75, 3.05) is 13.2 Å². The molecule has 1 heterocycles. The first-order valence-electron chi connectivity index (χ1n) is 8.13. The third-order valence-corrected chi connectivity index (χ3v) is 5.78. The van der Waals surface area contributed by atoms with Crippen LogP contribution in [-0.4, -0.2) is 33.6 Å². The summed E-state index contributed by atoms with van der Waals surface area (Å²) in [5.74, 6) is 0.616. The van der Waals surface area contributed by atoms with Crippen molar-refractivity contribution in [3.8, 4) is 5.75 Å². The molecule has 0 aliphatic heterocycles. The van der Waals surface area contributed by atoms with Gasteiger partial charge in [0.05, 0.1) is 5.69 Å². The zero-order valence-corrected chi connectivity index (χ0v) is 15.2. The molecular weight excluding hydrogens is 322 g/mol. The van der Waals surface area contributed by atoms with Crippen molar-refractivity contribution in [3.63, 3.8) is 0 Å². The van der Waals surface area contributed by atoms with Gasteiger partial charge < -0.3 is 10.1 Å². The molecule has 3 rings (SSSR count). The summed E-state index contributed by atoms with van der Waals surface area (Å²) in [6, 6.07) is 10.3. The minimum atomic E-state index is -0.0856. The van der Waals surface area contributed by atoms with Crippen LogP contribution in [0.15, 0.2) is 35.2 Å². The van der Waals surface area contributed by atoms with E-state index in [4.69, 9.17) is 4.74 Å². The highest BCUT2D eigenvalue weighted by Crippen LogP contribution is 2.51. The van der Waals surface area contributed by atoms with Gasteiger partial charge >= 0.3 is 0 Å². The van der Waals surface area contributed by atoms with Gasteiger partial charge in [0.1, 0.15) is 5.69 Å². The number of aromatic nitrogens is 2. The predicted molar refractivity (Wildman–Crippen MR) is 95.5 cm³/mol. The van der Waals surface area contributed by atoms with Crippen LogP contribution < -0.4 is 10.1 Å². The third-order valence-electron chi connectivity index (χ3n) is 4.28. The normalized spacial score (nSPS) is 15.1. The van der Waals surface area contributed by atoms with E-state index < -0.39 is 0 Å². The van der Waals surface area contributed by atoms with Gasteiger partial charge in [-0.25, -0.2) is 0 Å². The molecule has 1 N–H and O–H groups in total. The van der Waals surface area contributed by atoms with Gasteiger partial charge in [0, 0.05) is 23.2 Å². The van der Waals surface area contributed by atoms with Gasteiger partial charge in [-0.2, -0.15) is 5.10 Å². The third kappa shape index (κ3) is 3.93. The van der Waals surface area contributed by atoms with Crippen molar-refractivity contribution >= 4 is 17.7 Å². The van der Waals surface area contributed by atoms with Crippen LogP contribution in [0.4, 0.5) is 0 Å². The first-order valence-corrected chi connectivity index (χ1v) is 8.94. The van der Waals surface area contributed by atoms with E-state index in [0.717, 1.165) is 24.2 Å². The van der Waals surface area contributed by atoms with Crippen LogP contribution in [0.25, 0.3) is 0 Å². The molecule has 24 heavy (non-hydrogen) atoms. The fraction of sp³-hybridized carbons (Fsp3) is 0.444. The molecule has 0 saturated heterocycles. The van der Waals surface area contributed by atoms with Crippen LogP contribution >= 0.6 is 11.8 Å². The van der Waals surface area contributed by atoms with E-state index in [-0.39, 0.29) is 17.3 Å². The minimum absolute atomic E-state index is 0.0272. The number of hydrogen-bond acceptors (Lipinski definition) is 4. The van der Waals surface area contributed by atoms with Gasteiger partial charge in [0.2, 0.25) is 0 Å². The largest absolute Gasteiger partial charge is 0.480 e. The molecule has 1 aliphatic carbocycles. The Morgan fingerprint density at radius 2 is 2.04 bits per heavy atom. The minimum Gasteiger partial charge on any atom is -0.480 e. The summed E-state index contributed by atoms with van der Waals surface area (Å²) in [6.45, 7) is 4.53. The Morgan fingerprint density at radius 1 is 1.33 bits per heavy atom. The number of carbonyl (C=O) groups excluding carboxylic acids is 1. The summed E-state index contributed by atoms with van der Waals surface area (Å²) in [7, 11) is 1.87. The molecule has 0 unspecified atom stereocenters. The van der Waals surface area contributed by atoms with Crippen LogP contribution in [0.1, 0.15) is 24.2 Å². The standard InChI is InChI=1S/C18H23N3O2S/c1-13-17(14(2)21(3)20-13)23-11-16(22)19-12-18(9-10-18)24-15-7-5-4-6-8-15/h4-8H,9-12H2,1-3H3,(H,19,22). The number of nitrogens with zero attached hydrogens (tertiary/aromatic N) is 2. The predicted octanol–water partition coefficient (Wildman–Crippen LogP) is 2.86. The van der Waals surface area contributed by atoms with E-state index in [1.165, 1.54) is 4.90 Å². The Bertz CT molecular complexity index is 723. The van der Waals surface area contributed by atoms with Gasteiger partial charge in [-0.05, 0) is 38.8 Å². The molecule has 0 bridgehead atoms. The highest BCUT2D eigenvalue weighted by molar-refractivity contribution is 8.01. The van der Waals surface area contributed by atoms with Crippen LogP contribution in [0.3, 0.4) is 0 Å². The second-order valence-corrected chi connectivity index (χ2v) is 7.83. The second kappa shape index (κ2) is 6.89. The molecule has 1 fully saturated rings. The molecule has 1 aromatic carbocycles. The molecule has 1 aliphatic rings. The maximum absolute atomic E-state index is 12.1. The summed E-state index contributed by atoms with van der Waals surface area (Å²) in [5.41, 5.74) is 1.74. The highest BCUT2D eigenvalue weighted by Gasteiger charge is 2.43. The average molecular weight is 345 g/mol. The lowest BCUT2D eigenvalue weighted by molar-refractivity contribution is -0.123. The summed E-state index contributed by atoms with van der Waals surface area (Å²) < 4.78 is 7.56. The van der Waals surface area contributed by atoms with E-state index in [0.29, 0.717) is 12.3 Å². The zero-order chi connectivity index (χ0) is 17.2. The van der Waals surface area contributed by atoms with E-state index in [2.05, 4.69) is 22.5 Å². The summed E-state index contributed by atoms with van der Waals surface area (Å²) in [4.78, 5) is 13.4. The second-order valence-electron chi connectivity index (χ2n) is 6.29. The fourth-order valence-electron chi connectivity index (χ4n) is 2.60. The Hall–Kier alpha value is -1.95. The lowest BCUT2D eigenvalue weighted by Gasteiger charge is -2.16. The van der Waals surface area contributed by atoms with Crippen molar-refractivity contribution in [2.24, 2.45) is 7.05 Å². The van der Waals surface area contributed by atoms with Gasteiger partial charge in [0.15, 0.2) is 12.4 Å². The lowest BCUT2D eigenvalue weighted by Crippen LogP contribution is -2.35. The topological polar surface area (TPSA) is 56.2 Å². The fourth-order valence-corrected chi connectivity index (χ4v) is 3.85. The first-order chi connectivity index (χ1) is 11.5. The van der Waals surface area contributed by atoms with Crippen molar-refractivity contribution in [2.45, 2.75) is 36.3 Å². The van der Waals surface area contributed by atoms with Gasteiger partial charge in [-0.1, -0.05) is 18.2 Å². The number of rotatable bonds is 7. The van der Waals surface area contributed by atoms with Gasteiger partial charge in [-0.3, -0.25) is 9.48 Å². The monoisotopic (exact) mass is 345 g/mol. The highest BCUT2D eigenvalue weighted by atomic mass is 32.2. The molecule has 0 atom stereocenters. The van der Waals surface area contributed by atoms with Crippen molar-refractivity contribution in [1.82, 2.24) is 15.1 Å². The SMILES string of the molecule is Cc1nn(C)c(C)c1OCC(=O)NCC1(Sc2ccccc2)CC1. The van der Waals surface area contributed by atoms with Crippen LogP contribution in [0.5, 0.6) is 5.75 Å². The lowest BCUT2D eigenvalue weighted by atomic mass is 10.3. The zero-order valence-electron chi connectivity index (χ0n) is 14.3. The molecule has 0 spiro atoms. The molecule has 5 nitrogen and oxygen atoms in total. The van der Waals surface area contributed by atoms with Crippen molar-refractivity contribution in [3.05, 3.63) is 41.7 Å². The quantitative estimate of drug-likeness (QED) is 0.838. The number of hydrogen-bond donors (Lipinski definition) is 1. The number of benzene rings is 1. The molecular formula is C18H23N3O2S. The van der Waals surface area contributed by atoms with Crippen LogP contribution in [0, 0.1) is 13.8 Å². The molecule has 128 valence electrons. The van der Waals surface area contributed by atoms with Crippen molar-refractivity contribution in [1.29, 1.82) is 0 Å². The Labute approximate surface area is 146 Å². The summed E-state index contributed by atoms with van der Waals surface area (Å²) >= 11 is 1.85. The number of aryl methyl sites for hydroxylation is 2. The first kappa shape index (κ1) is 16.9. The molecule has 1 amide bonds. The Kier molecular flexibility index (Phi) is 4.85. The maximum Gasteiger partial charge on any atom is 0.257 e. The Morgan fingerprint density at radius 3 is 2.62 bits per heavy atom. The van der Waals surface area contributed by atoms with Gasteiger partial charge in [-0.15, -0.1) is 11.8 Å². The summed E-state index contributed by atoms with van der Waals surface area (Å²) in [6.07, 6.45) is 2.27. The number of nitrogens with one attached hydrogen (secondary N) is 1. The van der Waals surface area contributed by atoms with Crippen LogP contribution in [-0.2, 0) is 11.8 Å². The summed E-state index contributed by atoms with van der Waals surface area (Å²) in [5, 5.41) is 7.30. The Balaban J connectivity index is 1.47. The van der Waals surface area contributed by atoms with E-state index in [9.17, 15) is 4.79 Å². The molecule has 1 aromatic heterocycles.